The minimum Gasteiger partial charge on any atom is -0.320 e. The topological polar surface area (TPSA) is 80.9 Å². The van der Waals surface area contributed by atoms with Crippen molar-refractivity contribution in [1.29, 1.82) is 0 Å². The van der Waals surface area contributed by atoms with Gasteiger partial charge in [-0.25, -0.2) is 9.97 Å². The van der Waals surface area contributed by atoms with E-state index in [1.54, 1.807) is 0 Å². The smallest absolute Gasteiger partial charge is 0.243 e. The Morgan fingerprint density at radius 2 is 1.88 bits per heavy atom. The number of nitrogens with two attached hydrogens (primary N) is 1. The average molecular weight is 236 g/mol. The highest BCUT2D eigenvalue weighted by atomic mass is 16.2. The number of carbonyl (C=O) groups excluding carboxylic acids is 1. The van der Waals surface area contributed by atoms with Gasteiger partial charge in [-0.1, -0.05) is 13.8 Å². The summed E-state index contributed by atoms with van der Waals surface area (Å²) in [6, 6.07) is 1.34. The molecule has 0 bridgehead atoms. The van der Waals surface area contributed by atoms with E-state index in [0.717, 1.165) is 11.4 Å². The zero-order valence-corrected chi connectivity index (χ0v) is 10.8. The maximum absolute atomic E-state index is 11.8. The lowest BCUT2D eigenvalue weighted by Gasteiger charge is -2.13. The second kappa shape index (κ2) is 5.72. The normalized spacial score (nSPS) is 12.6. The third kappa shape index (κ3) is 4.48. The molecule has 0 saturated heterocycles. The number of anilines is 1. The van der Waals surface area contributed by atoms with Crippen molar-refractivity contribution in [1.82, 2.24) is 9.97 Å². The van der Waals surface area contributed by atoms with E-state index < -0.39 is 6.04 Å². The quantitative estimate of drug-likeness (QED) is 0.828. The van der Waals surface area contributed by atoms with Crippen LogP contribution in [-0.2, 0) is 4.79 Å². The number of aromatic nitrogens is 2. The lowest BCUT2D eigenvalue weighted by atomic mass is 10.0. The Hall–Kier alpha value is -1.49. The molecule has 1 atom stereocenters. The van der Waals surface area contributed by atoms with Crippen molar-refractivity contribution >= 4 is 11.9 Å². The van der Waals surface area contributed by atoms with Gasteiger partial charge >= 0.3 is 0 Å². The summed E-state index contributed by atoms with van der Waals surface area (Å²) < 4.78 is 0. The summed E-state index contributed by atoms with van der Waals surface area (Å²) in [5.41, 5.74) is 7.42. The number of nitrogens with one attached hydrogen (secondary N) is 1. The molecule has 1 heterocycles. The van der Waals surface area contributed by atoms with Gasteiger partial charge in [-0.05, 0) is 32.3 Å². The lowest BCUT2D eigenvalue weighted by Crippen LogP contribution is -2.37. The Kier molecular flexibility index (Phi) is 4.57. The van der Waals surface area contributed by atoms with E-state index in [1.807, 2.05) is 33.8 Å². The van der Waals surface area contributed by atoms with Gasteiger partial charge in [0, 0.05) is 11.4 Å². The summed E-state index contributed by atoms with van der Waals surface area (Å²) in [4.78, 5) is 20.0. The number of nitrogens with zero attached hydrogens (tertiary/aromatic N) is 2. The third-order valence-corrected chi connectivity index (χ3v) is 2.28. The Labute approximate surface area is 102 Å². The van der Waals surface area contributed by atoms with Gasteiger partial charge in [0.05, 0.1) is 6.04 Å². The third-order valence-electron chi connectivity index (χ3n) is 2.28. The van der Waals surface area contributed by atoms with Crippen LogP contribution >= 0.6 is 0 Å². The molecule has 0 spiro atoms. The van der Waals surface area contributed by atoms with Gasteiger partial charge in [-0.15, -0.1) is 0 Å². The molecule has 0 fully saturated rings. The monoisotopic (exact) mass is 236 g/mol. The number of hydrogen-bond donors (Lipinski definition) is 2. The SMILES string of the molecule is Cc1cc(C)nc(NC(=O)[C@@H](N)CC(C)C)n1. The van der Waals surface area contributed by atoms with E-state index in [1.165, 1.54) is 0 Å². The number of aryl methyl sites for hydroxylation is 2. The Morgan fingerprint density at radius 1 is 1.35 bits per heavy atom. The van der Waals surface area contributed by atoms with Gasteiger partial charge in [0.2, 0.25) is 11.9 Å². The maximum Gasteiger partial charge on any atom is 0.243 e. The first-order chi connectivity index (χ1) is 7.88. The van der Waals surface area contributed by atoms with Crippen LogP contribution in [0, 0.1) is 19.8 Å². The summed E-state index contributed by atoms with van der Waals surface area (Å²) in [7, 11) is 0. The molecule has 17 heavy (non-hydrogen) atoms. The van der Waals surface area contributed by atoms with Crippen molar-refractivity contribution in [3.63, 3.8) is 0 Å². The van der Waals surface area contributed by atoms with Crippen LogP contribution in [0.15, 0.2) is 6.07 Å². The number of hydrogen-bond acceptors (Lipinski definition) is 4. The van der Waals surface area contributed by atoms with Crippen molar-refractivity contribution in [3.05, 3.63) is 17.5 Å². The fraction of sp³-hybridized carbons (Fsp3) is 0.583. The minimum atomic E-state index is -0.514. The fourth-order valence-electron chi connectivity index (χ4n) is 1.60. The number of amides is 1. The lowest BCUT2D eigenvalue weighted by molar-refractivity contribution is -0.117. The van der Waals surface area contributed by atoms with Crippen LogP contribution < -0.4 is 11.1 Å². The highest BCUT2D eigenvalue weighted by Crippen LogP contribution is 2.07. The Morgan fingerprint density at radius 3 is 2.35 bits per heavy atom. The van der Waals surface area contributed by atoms with E-state index in [0.29, 0.717) is 18.3 Å². The molecule has 0 aliphatic carbocycles. The van der Waals surface area contributed by atoms with Crippen LogP contribution in [0.3, 0.4) is 0 Å². The second-order valence-corrected chi connectivity index (χ2v) is 4.70. The van der Waals surface area contributed by atoms with Gasteiger partial charge in [-0.2, -0.15) is 0 Å². The van der Waals surface area contributed by atoms with Crippen molar-refractivity contribution in [2.45, 2.75) is 40.2 Å². The van der Waals surface area contributed by atoms with Crippen LogP contribution in [0.1, 0.15) is 31.7 Å². The molecule has 1 amide bonds. The first-order valence-electron chi connectivity index (χ1n) is 5.77. The molecule has 94 valence electrons. The molecule has 0 radical (unpaired) electrons. The highest BCUT2D eigenvalue weighted by molar-refractivity contribution is 5.93. The van der Waals surface area contributed by atoms with Crippen molar-refractivity contribution in [2.75, 3.05) is 5.32 Å². The molecule has 1 aromatic heterocycles. The summed E-state index contributed by atoms with van der Waals surface area (Å²) in [5.74, 6) is 0.478. The van der Waals surface area contributed by atoms with Gasteiger partial charge in [-0.3, -0.25) is 10.1 Å². The van der Waals surface area contributed by atoms with E-state index in [2.05, 4.69) is 15.3 Å². The molecule has 1 rings (SSSR count). The zero-order chi connectivity index (χ0) is 13.0. The van der Waals surface area contributed by atoms with Gasteiger partial charge < -0.3 is 5.73 Å². The van der Waals surface area contributed by atoms with E-state index >= 15 is 0 Å². The van der Waals surface area contributed by atoms with E-state index in [4.69, 9.17) is 5.73 Å². The van der Waals surface area contributed by atoms with Crippen LogP contribution in [0.4, 0.5) is 5.95 Å². The molecular weight excluding hydrogens is 216 g/mol. The fourth-order valence-corrected chi connectivity index (χ4v) is 1.60. The van der Waals surface area contributed by atoms with Crippen LogP contribution in [-0.4, -0.2) is 21.9 Å². The average Bonchev–Trinajstić information content (AvgIpc) is 2.14. The van der Waals surface area contributed by atoms with Crippen molar-refractivity contribution < 1.29 is 4.79 Å². The number of rotatable bonds is 4. The first-order valence-corrected chi connectivity index (χ1v) is 5.77. The van der Waals surface area contributed by atoms with Crippen molar-refractivity contribution in [3.8, 4) is 0 Å². The summed E-state index contributed by atoms with van der Waals surface area (Å²) >= 11 is 0. The van der Waals surface area contributed by atoms with Crippen LogP contribution in [0.5, 0.6) is 0 Å². The molecule has 5 nitrogen and oxygen atoms in total. The molecule has 0 aliphatic heterocycles. The summed E-state index contributed by atoms with van der Waals surface area (Å²) in [6.07, 6.45) is 0.649. The summed E-state index contributed by atoms with van der Waals surface area (Å²) in [5, 5.41) is 2.64. The summed E-state index contributed by atoms with van der Waals surface area (Å²) in [6.45, 7) is 7.78. The van der Waals surface area contributed by atoms with Gasteiger partial charge in [0.25, 0.3) is 0 Å². The van der Waals surface area contributed by atoms with Gasteiger partial charge in [0.1, 0.15) is 0 Å². The predicted molar refractivity (Wildman–Crippen MR) is 67.6 cm³/mol. The van der Waals surface area contributed by atoms with Crippen molar-refractivity contribution in [2.24, 2.45) is 11.7 Å². The van der Waals surface area contributed by atoms with Crippen LogP contribution in [0.2, 0.25) is 0 Å². The number of carbonyl (C=O) groups is 1. The van der Waals surface area contributed by atoms with Gasteiger partial charge in [0.15, 0.2) is 0 Å². The van der Waals surface area contributed by atoms with Crippen LogP contribution in [0.25, 0.3) is 0 Å². The molecule has 0 unspecified atom stereocenters. The standard InChI is InChI=1S/C12H20N4O/c1-7(2)5-10(13)11(17)16-12-14-8(3)6-9(4)15-12/h6-7,10H,5,13H2,1-4H3,(H,14,15,16,17)/t10-/m0/s1. The molecule has 1 aromatic rings. The zero-order valence-electron chi connectivity index (χ0n) is 10.8. The maximum atomic E-state index is 11.8. The molecule has 0 saturated carbocycles. The molecular formula is C12H20N4O. The highest BCUT2D eigenvalue weighted by Gasteiger charge is 2.16. The molecule has 0 aliphatic rings. The molecule has 0 aromatic carbocycles. The Balaban J connectivity index is 2.67. The predicted octanol–water partition coefficient (Wildman–Crippen LogP) is 1.41. The second-order valence-electron chi connectivity index (χ2n) is 4.70. The van der Waals surface area contributed by atoms with E-state index in [9.17, 15) is 4.79 Å². The Bertz CT molecular complexity index is 383. The minimum absolute atomic E-state index is 0.233. The molecule has 5 heteroatoms. The largest absolute Gasteiger partial charge is 0.320 e. The molecule has 3 N–H and O–H groups in total. The first kappa shape index (κ1) is 13.6. The van der Waals surface area contributed by atoms with E-state index in [-0.39, 0.29) is 5.91 Å².